The summed E-state index contributed by atoms with van der Waals surface area (Å²) in [5.74, 6) is -0.319. The van der Waals surface area contributed by atoms with E-state index in [1.54, 1.807) is 23.1 Å². The Morgan fingerprint density at radius 3 is 2.72 bits per heavy atom. The highest BCUT2D eigenvalue weighted by molar-refractivity contribution is 7.13. The van der Waals surface area contributed by atoms with Gasteiger partial charge in [0, 0.05) is 16.4 Å². The fourth-order valence-electron chi connectivity index (χ4n) is 2.95. The number of carbonyl (C=O) groups is 2. The second-order valence-electron chi connectivity index (χ2n) is 6.03. The average Bonchev–Trinajstić information content (AvgIpc) is 3.04. The lowest BCUT2D eigenvalue weighted by molar-refractivity contribution is -0.121. The summed E-state index contributed by atoms with van der Waals surface area (Å²) in [6.45, 7) is 2.54. The summed E-state index contributed by atoms with van der Waals surface area (Å²) in [6.07, 6.45) is 2.45. The van der Waals surface area contributed by atoms with E-state index >= 15 is 0 Å². The molecule has 1 N–H and O–H groups in total. The van der Waals surface area contributed by atoms with Gasteiger partial charge in [-0.05, 0) is 56.5 Å². The maximum atomic E-state index is 12.8. The number of anilines is 1. The molecule has 2 heterocycles. The summed E-state index contributed by atoms with van der Waals surface area (Å²) in [5.41, 5.74) is 0.462. The first-order valence-corrected chi connectivity index (χ1v) is 9.66. The second kappa shape index (κ2) is 7.77. The molecule has 3 rings (SSSR count). The molecule has 2 aromatic rings. The molecule has 0 aliphatic carbocycles. The van der Waals surface area contributed by atoms with Crippen molar-refractivity contribution in [3.05, 3.63) is 50.1 Å². The minimum Gasteiger partial charge on any atom is -0.326 e. The molecule has 25 heavy (non-hydrogen) atoms. The molecule has 0 saturated carbocycles. The van der Waals surface area contributed by atoms with Crippen LogP contribution in [-0.2, 0) is 4.79 Å². The average molecular weight is 397 g/mol. The summed E-state index contributed by atoms with van der Waals surface area (Å²) in [4.78, 5) is 29.0. The van der Waals surface area contributed by atoms with Crippen LogP contribution in [0.3, 0.4) is 0 Å². The van der Waals surface area contributed by atoms with Crippen LogP contribution >= 0.6 is 34.5 Å². The SMILES string of the molecule is Cc1ccc(C(=O)N2CCCC[C@@H]2C(=O)Nc2cc(Cl)ccc2Cl)s1. The highest BCUT2D eigenvalue weighted by Gasteiger charge is 2.33. The third-order valence-corrected chi connectivity index (χ3v) is 5.76. The molecule has 1 aliphatic heterocycles. The zero-order valence-corrected chi connectivity index (χ0v) is 16.0. The summed E-state index contributed by atoms with van der Waals surface area (Å²) >= 11 is 13.5. The molecular formula is C18H18Cl2N2O2S. The molecule has 1 fully saturated rings. The van der Waals surface area contributed by atoms with Gasteiger partial charge in [0.1, 0.15) is 6.04 Å². The molecule has 1 aromatic heterocycles. The van der Waals surface area contributed by atoms with Crippen LogP contribution < -0.4 is 5.32 Å². The van der Waals surface area contributed by atoms with Crippen LogP contribution in [0, 0.1) is 6.92 Å². The van der Waals surface area contributed by atoms with Crippen LogP contribution in [0.5, 0.6) is 0 Å². The van der Waals surface area contributed by atoms with Crippen molar-refractivity contribution in [2.24, 2.45) is 0 Å². The molecule has 1 aromatic carbocycles. The van der Waals surface area contributed by atoms with Crippen LogP contribution in [0.1, 0.15) is 33.8 Å². The number of halogens is 2. The van der Waals surface area contributed by atoms with Crippen LogP contribution in [0.15, 0.2) is 30.3 Å². The maximum Gasteiger partial charge on any atom is 0.264 e. The molecule has 7 heteroatoms. The van der Waals surface area contributed by atoms with Crippen molar-refractivity contribution >= 4 is 52.0 Å². The lowest BCUT2D eigenvalue weighted by atomic mass is 10.0. The van der Waals surface area contributed by atoms with Crippen molar-refractivity contribution in [1.82, 2.24) is 4.90 Å². The third-order valence-electron chi connectivity index (χ3n) is 4.20. The van der Waals surface area contributed by atoms with E-state index in [0.717, 1.165) is 17.7 Å². The van der Waals surface area contributed by atoms with Gasteiger partial charge in [0.25, 0.3) is 5.91 Å². The monoisotopic (exact) mass is 396 g/mol. The standard InChI is InChI=1S/C18H18Cl2N2O2S/c1-11-5-8-16(25-11)18(24)22-9-3-2-4-15(22)17(23)21-14-10-12(19)6-7-13(14)20/h5-8,10,15H,2-4,9H2,1H3,(H,21,23)/t15-/m1/s1. The first kappa shape index (κ1) is 18.2. The van der Waals surface area contributed by atoms with E-state index in [-0.39, 0.29) is 11.8 Å². The Hall–Kier alpha value is -1.56. The number of nitrogens with one attached hydrogen (secondary N) is 1. The van der Waals surface area contributed by atoms with E-state index in [0.29, 0.717) is 33.6 Å². The van der Waals surface area contributed by atoms with Crippen LogP contribution in [-0.4, -0.2) is 29.3 Å². The van der Waals surface area contributed by atoms with Crippen molar-refractivity contribution in [3.8, 4) is 0 Å². The predicted molar refractivity (Wildman–Crippen MR) is 103 cm³/mol. The number of nitrogens with zero attached hydrogens (tertiary/aromatic N) is 1. The summed E-state index contributed by atoms with van der Waals surface area (Å²) in [5, 5.41) is 3.72. The Bertz CT molecular complexity index is 806. The topological polar surface area (TPSA) is 49.4 Å². The van der Waals surface area contributed by atoms with Crippen molar-refractivity contribution in [1.29, 1.82) is 0 Å². The third kappa shape index (κ3) is 4.17. The van der Waals surface area contributed by atoms with Gasteiger partial charge in [0.05, 0.1) is 15.6 Å². The molecular weight excluding hydrogens is 379 g/mol. The van der Waals surface area contributed by atoms with Crippen molar-refractivity contribution in [3.63, 3.8) is 0 Å². The minimum atomic E-state index is -0.501. The number of rotatable bonds is 3. The van der Waals surface area contributed by atoms with E-state index in [1.807, 2.05) is 19.1 Å². The number of piperidine rings is 1. The number of hydrogen-bond donors (Lipinski definition) is 1. The molecule has 0 spiro atoms. The van der Waals surface area contributed by atoms with Gasteiger partial charge in [-0.15, -0.1) is 11.3 Å². The van der Waals surface area contributed by atoms with Gasteiger partial charge in [-0.3, -0.25) is 9.59 Å². The number of benzene rings is 1. The Morgan fingerprint density at radius 2 is 2.00 bits per heavy atom. The molecule has 4 nitrogen and oxygen atoms in total. The maximum absolute atomic E-state index is 12.8. The Balaban J connectivity index is 1.79. The Kier molecular flexibility index (Phi) is 5.67. The Labute approximate surface area is 160 Å². The molecule has 0 bridgehead atoms. The van der Waals surface area contributed by atoms with Crippen LogP contribution in [0.25, 0.3) is 0 Å². The van der Waals surface area contributed by atoms with Crippen molar-refractivity contribution < 1.29 is 9.59 Å². The molecule has 132 valence electrons. The normalized spacial score (nSPS) is 17.4. The fourth-order valence-corrected chi connectivity index (χ4v) is 4.11. The highest BCUT2D eigenvalue weighted by atomic mass is 35.5. The van der Waals surface area contributed by atoms with Gasteiger partial charge >= 0.3 is 0 Å². The number of amides is 2. The molecule has 2 amide bonds. The molecule has 1 atom stereocenters. The van der Waals surface area contributed by atoms with E-state index < -0.39 is 6.04 Å². The summed E-state index contributed by atoms with van der Waals surface area (Å²) in [7, 11) is 0. The van der Waals surface area contributed by atoms with Gasteiger partial charge < -0.3 is 10.2 Å². The number of likely N-dealkylation sites (tertiary alicyclic amines) is 1. The van der Waals surface area contributed by atoms with Gasteiger partial charge in [-0.1, -0.05) is 23.2 Å². The van der Waals surface area contributed by atoms with Crippen molar-refractivity contribution in [2.45, 2.75) is 32.2 Å². The second-order valence-corrected chi connectivity index (χ2v) is 8.17. The number of thiophene rings is 1. The van der Waals surface area contributed by atoms with Gasteiger partial charge in [0.15, 0.2) is 0 Å². The van der Waals surface area contributed by atoms with E-state index in [1.165, 1.54) is 11.3 Å². The summed E-state index contributed by atoms with van der Waals surface area (Å²) in [6, 6.07) is 8.15. The number of hydrogen-bond acceptors (Lipinski definition) is 3. The van der Waals surface area contributed by atoms with Gasteiger partial charge in [-0.25, -0.2) is 0 Å². The van der Waals surface area contributed by atoms with E-state index in [2.05, 4.69) is 5.32 Å². The molecule has 0 unspecified atom stereocenters. The van der Waals surface area contributed by atoms with Crippen molar-refractivity contribution in [2.75, 3.05) is 11.9 Å². The largest absolute Gasteiger partial charge is 0.326 e. The highest BCUT2D eigenvalue weighted by Crippen LogP contribution is 2.28. The minimum absolute atomic E-state index is 0.0878. The molecule has 1 aliphatic rings. The smallest absolute Gasteiger partial charge is 0.264 e. The van der Waals surface area contributed by atoms with Crippen LogP contribution in [0.2, 0.25) is 10.0 Å². The van der Waals surface area contributed by atoms with Crippen LogP contribution in [0.4, 0.5) is 5.69 Å². The van der Waals surface area contributed by atoms with Gasteiger partial charge in [-0.2, -0.15) is 0 Å². The Morgan fingerprint density at radius 1 is 1.20 bits per heavy atom. The first-order valence-electron chi connectivity index (χ1n) is 8.09. The lowest BCUT2D eigenvalue weighted by Gasteiger charge is -2.34. The molecule has 0 radical (unpaired) electrons. The first-order chi connectivity index (χ1) is 12.0. The lowest BCUT2D eigenvalue weighted by Crippen LogP contribution is -2.49. The van der Waals surface area contributed by atoms with E-state index in [9.17, 15) is 9.59 Å². The number of carbonyl (C=O) groups excluding carboxylic acids is 2. The fraction of sp³-hybridized carbons (Fsp3) is 0.333. The zero-order chi connectivity index (χ0) is 18.0. The molecule has 1 saturated heterocycles. The van der Waals surface area contributed by atoms with E-state index in [4.69, 9.17) is 23.2 Å². The predicted octanol–water partition coefficient (Wildman–Crippen LogP) is 5.00. The summed E-state index contributed by atoms with van der Waals surface area (Å²) < 4.78 is 0. The number of aryl methyl sites for hydroxylation is 1. The zero-order valence-electron chi connectivity index (χ0n) is 13.7. The quantitative estimate of drug-likeness (QED) is 0.793. The van der Waals surface area contributed by atoms with Gasteiger partial charge in [0.2, 0.25) is 5.91 Å².